The van der Waals surface area contributed by atoms with E-state index in [1.54, 1.807) is 0 Å². The van der Waals surface area contributed by atoms with Gasteiger partial charge in [0.2, 0.25) is 0 Å². The first-order valence-corrected chi connectivity index (χ1v) is 6.04. The number of carboxylic acid groups (broad SMARTS) is 1. The second kappa shape index (κ2) is 4.69. The second-order valence-electron chi connectivity index (χ2n) is 3.83. The van der Waals surface area contributed by atoms with Gasteiger partial charge >= 0.3 is 5.97 Å². The molecule has 0 aliphatic rings. The van der Waals surface area contributed by atoms with Crippen molar-refractivity contribution in [1.29, 1.82) is 0 Å². The monoisotopic (exact) mass is 266 g/mol. The van der Waals surface area contributed by atoms with Gasteiger partial charge in [-0.25, -0.2) is 9.78 Å². The molecule has 18 heavy (non-hydrogen) atoms. The molecule has 6 nitrogen and oxygen atoms in total. The summed E-state index contributed by atoms with van der Waals surface area (Å²) in [5, 5.41) is 9.39. The zero-order valence-electron chi connectivity index (χ0n) is 9.52. The number of aromatic carboxylic acids is 1. The van der Waals surface area contributed by atoms with Gasteiger partial charge in [-0.15, -0.1) is 11.3 Å². The lowest BCUT2D eigenvalue weighted by Crippen LogP contribution is -2.09. The average Bonchev–Trinajstić information content (AvgIpc) is 2.66. The largest absolute Gasteiger partial charge is 0.477 e. The number of thiophene rings is 1. The number of nitrogens with zero attached hydrogens (tertiary/aromatic N) is 1. The van der Waals surface area contributed by atoms with Gasteiger partial charge < -0.3 is 14.9 Å². The maximum absolute atomic E-state index is 11.7. The topological polar surface area (TPSA) is 100 Å². The van der Waals surface area contributed by atoms with Crippen LogP contribution in [0.3, 0.4) is 0 Å². The molecule has 0 aromatic carbocycles. The lowest BCUT2D eigenvalue weighted by molar-refractivity contribution is -0.116. The number of rotatable bonds is 4. The van der Waals surface area contributed by atoms with Crippen molar-refractivity contribution >= 4 is 33.3 Å². The van der Waals surface area contributed by atoms with Crippen LogP contribution in [0.5, 0.6) is 0 Å². The molecule has 2 heterocycles. The van der Waals surface area contributed by atoms with Crippen LogP contribution in [0, 0.1) is 0 Å². The van der Waals surface area contributed by atoms with Crippen molar-refractivity contribution in [3.63, 3.8) is 0 Å². The highest BCUT2D eigenvalue weighted by molar-refractivity contribution is 7.20. The van der Waals surface area contributed by atoms with E-state index in [1.165, 1.54) is 13.3 Å². The molecule has 0 spiro atoms. The number of aromatic amines is 1. The van der Waals surface area contributed by atoms with Gasteiger partial charge in [0.1, 0.15) is 15.5 Å². The van der Waals surface area contributed by atoms with Crippen LogP contribution in [0.1, 0.15) is 28.6 Å². The highest BCUT2D eigenvalue weighted by Gasteiger charge is 2.20. The Hall–Kier alpha value is -2.02. The van der Waals surface area contributed by atoms with E-state index in [4.69, 9.17) is 5.11 Å². The van der Waals surface area contributed by atoms with E-state index in [0.29, 0.717) is 10.4 Å². The van der Waals surface area contributed by atoms with Gasteiger partial charge in [0, 0.05) is 6.42 Å². The molecular weight excluding hydrogens is 256 g/mol. The quantitative estimate of drug-likeness (QED) is 0.866. The fraction of sp³-hybridized carbons (Fsp3) is 0.273. The predicted octanol–water partition coefficient (Wildman–Crippen LogP) is 1.20. The fourth-order valence-corrected chi connectivity index (χ4v) is 2.74. The zero-order valence-corrected chi connectivity index (χ0v) is 10.3. The van der Waals surface area contributed by atoms with Crippen molar-refractivity contribution in [2.75, 3.05) is 0 Å². The fourth-order valence-electron chi connectivity index (χ4n) is 1.71. The summed E-state index contributed by atoms with van der Waals surface area (Å²) in [4.78, 5) is 40.7. The summed E-state index contributed by atoms with van der Waals surface area (Å²) in [5.41, 5.74) is 0.0225. The number of aromatic nitrogens is 2. The van der Waals surface area contributed by atoms with Crippen LogP contribution in [0.2, 0.25) is 0 Å². The summed E-state index contributed by atoms with van der Waals surface area (Å²) in [6.07, 6.45) is 1.69. The number of nitrogens with one attached hydrogen (secondary N) is 1. The SMILES string of the molecule is CC(=O)CCc1c(C(=O)O)sc2nc[nH]c(=O)c12. The van der Waals surface area contributed by atoms with E-state index in [2.05, 4.69) is 9.97 Å². The Morgan fingerprint density at radius 3 is 2.83 bits per heavy atom. The smallest absolute Gasteiger partial charge is 0.346 e. The molecule has 7 heteroatoms. The Labute approximate surface area is 105 Å². The molecule has 2 N–H and O–H groups in total. The number of Topliss-reactive ketones (excluding diaryl/α,β-unsaturated/α-hetero) is 1. The number of hydrogen-bond acceptors (Lipinski definition) is 5. The predicted molar refractivity (Wildman–Crippen MR) is 66.2 cm³/mol. The van der Waals surface area contributed by atoms with Crippen LogP contribution in [-0.4, -0.2) is 26.8 Å². The van der Waals surface area contributed by atoms with Gasteiger partial charge in [0.25, 0.3) is 5.56 Å². The number of fused-ring (bicyclic) bond motifs is 1. The Morgan fingerprint density at radius 2 is 2.22 bits per heavy atom. The normalized spacial score (nSPS) is 10.7. The number of carbonyl (C=O) groups is 2. The second-order valence-corrected chi connectivity index (χ2v) is 4.83. The Kier molecular flexibility index (Phi) is 3.24. The van der Waals surface area contributed by atoms with E-state index in [-0.39, 0.29) is 34.4 Å². The first-order valence-electron chi connectivity index (χ1n) is 5.22. The summed E-state index contributed by atoms with van der Waals surface area (Å²) >= 11 is 0.956. The van der Waals surface area contributed by atoms with E-state index in [9.17, 15) is 14.4 Å². The van der Waals surface area contributed by atoms with Crippen LogP contribution in [-0.2, 0) is 11.2 Å². The molecule has 2 aromatic rings. The van der Waals surface area contributed by atoms with E-state index in [1.807, 2.05) is 0 Å². The van der Waals surface area contributed by atoms with Crippen molar-refractivity contribution in [2.24, 2.45) is 0 Å². The van der Waals surface area contributed by atoms with E-state index in [0.717, 1.165) is 11.3 Å². The van der Waals surface area contributed by atoms with Crippen molar-refractivity contribution in [1.82, 2.24) is 9.97 Å². The molecule has 0 aliphatic heterocycles. The minimum Gasteiger partial charge on any atom is -0.477 e. The Morgan fingerprint density at radius 1 is 1.50 bits per heavy atom. The third-order valence-corrected chi connectivity index (χ3v) is 3.64. The van der Waals surface area contributed by atoms with Gasteiger partial charge in [-0.2, -0.15) is 0 Å². The highest BCUT2D eigenvalue weighted by Crippen LogP contribution is 2.28. The van der Waals surface area contributed by atoms with Crippen molar-refractivity contribution in [3.05, 3.63) is 27.1 Å². The molecule has 2 aromatic heterocycles. The molecule has 94 valence electrons. The number of aryl methyl sites for hydroxylation is 1. The zero-order chi connectivity index (χ0) is 13.3. The van der Waals surface area contributed by atoms with Crippen LogP contribution < -0.4 is 5.56 Å². The summed E-state index contributed by atoms with van der Waals surface area (Å²) < 4.78 is 0. The highest BCUT2D eigenvalue weighted by atomic mass is 32.1. The molecular formula is C11H10N2O4S. The summed E-state index contributed by atoms with van der Waals surface area (Å²) in [5.74, 6) is -1.15. The molecule has 0 atom stereocenters. The summed E-state index contributed by atoms with van der Waals surface area (Å²) in [7, 11) is 0. The lowest BCUT2D eigenvalue weighted by Gasteiger charge is -1.98. The van der Waals surface area contributed by atoms with Crippen molar-refractivity contribution in [2.45, 2.75) is 19.8 Å². The number of hydrogen-bond donors (Lipinski definition) is 2. The maximum Gasteiger partial charge on any atom is 0.346 e. The molecule has 0 unspecified atom stereocenters. The molecule has 0 saturated heterocycles. The first-order chi connectivity index (χ1) is 8.50. The molecule has 0 bridgehead atoms. The molecule has 0 fully saturated rings. The van der Waals surface area contributed by atoms with Crippen molar-refractivity contribution < 1.29 is 14.7 Å². The third-order valence-electron chi connectivity index (χ3n) is 2.51. The molecule has 0 amide bonds. The van der Waals surface area contributed by atoms with Gasteiger partial charge in [0.05, 0.1) is 11.7 Å². The van der Waals surface area contributed by atoms with Crippen LogP contribution >= 0.6 is 11.3 Å². The Bertz CT molecular complexity index is 686. The summed E-state index contributed by atoms with van der Waals surface area (Å²) in [6.45, 7) is 1.43. The minimum absolute atomic E-state index is 0.0500. The lowest BCUT2D eigenvalue weighted by atomic mass is 10.1. The number of carboxylic acids is 1. The van der Waals surface area contributed by atoms with Gasteiger partial charge in [-0.3, -0.25) is 4.79 Å². The summed E-state index contributed by atoms with van der Waals surface area (Å²) in [6, 6.07) is 0. The van der Waals surface area contributed by atoms with Gasteiger partial charge in [-0.1, -0.05) is 0 Å². The number of ketones is 1. The molecule has 0 saturated carbocycles. The standard InChI is InChI=1S/C11H10N2O4S/c1-5(14)2-3-6-7-9(15)12-4-13-10(7)18-8(6)11(16)17/h4H,2-3H2,1H3,(H,16,17)(H,12,13,15). The average molecular weight is 266 g/mol. The third kappa shape index (κ3) is 2.17. The minimum atomic E-state index is -1.10. The van der Waals surface area contributed by atoms with Crippen molar-refractivity contribution in [3.8, 4) is 0 Å². The van der Waals surface area contributed by atoms with Crippen LogP contribution in [0.15, 0.2) is 11.1 Å². The van der Waals surface area contributed by atoms with E-state index >= 15 is 0 Å². The number of H-pyrrole nitrogens is 1. The van der Waals surface area contributed by atoms with Gasteiger partial charge in [0.15, 0.2) is 0 Å². The first kappa shape index (κ1) is 12.4. The Balaban J connectivity index is 2.65. The van der Waals surface area contributed by atoms with E-state index < -0.39 is 5.97 Å². The molecule has 0 aliphatic carbocycles. The van der Waals surface area contributed by atoms with Crippen LogP contribution in [0.25, 0.3) is 10.2 Å². The number of carbonyl (C=O) groups excluding carboxylic acids is 1. The van der Waals surface area contributed by atoms with Crippen LogP contribution in [0.4, 0.5) is 0 Å². The molecule has 0 radical (unpaired) electrons. The maximum atomic E-state index is 11.7. The molecule has 2 rings (SSSR count). The van der Waals surface area contributed by atoms with Gasteiger partial charge in [-0.05, 0) is 18.9 Å².